The van der Waals surface area contributed by atoms with Crippen molar-refractivity contribution in [1.29, 1.82) is 0 Å². The number of hydrogen-bond acceptors (Lipinski definition) is 5. The first-order valence-corrected chi connectivity index (χ1v) is 8.89. The third kappa shape index (κ3) is 4.73. The van der Waals surface area contributed by atoms with Crippen LogP contribution in [0.2, 0.25) is 0 Å². The van der Waals surface area contributed by atoms with Crippen molar-refractivity contribution >= 4 is 32.7 Å². The average molecular weight is 325 g/mol. The van der Waals surface area contributed by atoms with Gasteiger partial charge < -0.3 is 10.2 Å². The third-order valence-electron chi connectivity index (χ3n) is 2.79. The molecule has 2 N–H and O–H groups in total. The van der Waals surface area contributed by atoms with E-state index in [9.17, 15) is 8.42 Å². The number of rotatable bonds is 7. The van der Waals surface area contributed by atoms with Crippen LogP contribution >= 0.6 is 11.3 Å². The van der Waals surface area contributed by atoms with Gasteiger partial charge in [0.05, 0.1) is 0 Å². The summed E-state index contributed by atoms with van der Waals surface area (Å²) in [6, 6.07) is 10.5. The van der Waals surface area contributed by atoms with Crippen LogP contribution < -0.4 is 10.0 Å². The van der Waals surface area contributed by atoms with Crippen LogP contribution in [-0.4, -0.2) is 40.5 Å². The van der Waals surface area contributed by atoms with Gasteiger partial charge in [-0.15, -0.1) is 11.3 Å². The zero-order chi connectivity index (χ0) is 15.3. The van der Waals surface area contributed by atoms with Crippen molar-refractivity contribution in [3.8, 4) is 0 Å². The topological polar surface area (TPSA) is 61.4 Å². The zero-order valence-electron chi connectivity index (χ0n) is 12.0. The molecule has 2 rings (SSSR count). The maximum absolute atomic E-state index is 12.1. The Morgan fingerprint density at radius 3 is 2.33 bits per heavy atom. The van der Waals surface area contributed by atoms with Gasteiger partial charge in [0.2, 0.25) is 0 Å². The molecule has 0 atom stereocenters. The minimum Gasteiger partial charge on any atom is -0.384 e. The van der Waals surface area contributed by atoms with Crippen molar-refractivity contribution in [2.75, 3.05) is 37.2 Å². The summed E-state index contributed by atoms with van der Waals surface area (Å²) in [6.45, 7) is 1.78. The summed E-state index contributed by atoms with van der Waals surface area (Å²) in [7, 11) is 0.566. The smallest absolute Gasteiger partial charge is 0.271 e. The monoisotopic (exact) mass is 325 g/mol. The second-order valence-corrected chi connectivity index (χ2v) is 7.70. The number of sulfonamides is 1. The highest BCUT2D eigenvalue weighted by Crippen LogP contribution is 2.21. The molecular weight excluding hydrogens is 306 g/mol. The van der Waals surface area contributed by atoms with E-state index in [1.807, 2.05) is 26.2 Å². The summed E-state index contributed by atoms with van der Waals surface area (Å²) in [5.41, 5.74) is 1.53. The SMILES string of the molecule is CN(C)CCNc1ccc(NS(=O)(=O)c2cccs2)cc1. The van der Waals surface area contributed by atoms with Gasteiger partial charge in [0, 0.05) is 24.5 Å². The Morgan fingerprint density at radius 2 is 1.76 bits per heavy atom. The van der Waals surface area contributed by atoms with Gasteiger partial charge >= 0.3 is 0 Å². The predicted molar refractivity (Wildman–Crippen MR) is 88.6 cm³/mol. The molecule has 0 aliphatic rings. The Hall–Kier alpha value is -1.57. The van der Waals surface area contributed by atoms with Gasteiger partial charge in [0.25, 0.3) is 10.0 Å². The lowest BCUT2D eigenvalue weighted by molar-refractivity contribution is 0.425. The standard InChI is InChI=1S/C14H19N3O2S2/c1-17(2)10-9-15-12-5-7-13(8-6-12)16-21(18,19)14-4-3-11-20-14/h3-8,11,15-16H,9-10H2,1-2H3. The van der Waals surface area contributed by atoms with Crippen LogP contribution in [0.25, 0.3) is 0 Å². The highest BCUT2D eigenvalue weighted by Gasteiger charge is 2.14. The second kappa shape index (κ2) is 6.93. The predicted octanol–water partition coefficient (Wildman–Crippen LogP) is 2.52. The molecule has 7 heteroatoms. The van der Waals surface area contributed by atoms with Crippen LogP contribution in [0, 0.1) is 0 Å². The molecule has 5 nitrogen and oxygen atoms in total. The number of nitrogens with zero attached hydrogens (tertiary/aromatic N) is 1. The molecule has 0 fully saturated rings. The van der Waals surface area contributed by atoms with Crippen LogP contribution in [-0.2, 0) is 10.0 Å². The fourth-order valence-corrected chi connectivity index (χ4v) is 3.75. The van der Waals surface area contributed by atoms with Crippen molar-refractivity contribution < 1.29 is 8.42 Å². The molecule has 21 heavy (non-hydrogen) atoms. The number of thiophene rings is 1. The van der Waals surface area contributed by atoms with Gasteiger partial charge in [-0.1, -0.05) is 6.07 Å². The quantitative estimate of drug-likeness (QED) is 0.821. The van der Waals surface area contributed by atoms with Gasteiger partial charge in [-0.3, -0.25) is 4.72 Å². The Bertz CT molecular complexity index is 650. The van der Waals surface area contributed by atoms with Crippen molar-refractivity contribution in [2.24, 2.45) is 0 Å². The fourth-order valence-electron chi connectivity index (χ4n) is 1.70. The van der Waals surface area contributed by atoms with E-state index in [0.717, 1.165) is 18.8 Å². The van der Waals surface area contributed by atoms with Crippen molar-refractivity contribution in [3.05, 3.63) is 41.8 Å². The lowest BCUT2D eigenvalue weighted by atomic mass is 10.3. The van der Waals surface area contributed by atoms with E-state index in [1.165, 1.54) is 11.3 Å². The molecule has 0 saturated carbocycles. The molecule has 0 spiro atoms. The van der Waals surface area contributed by atoms with E-state index in [-0.39, 0.29) is 0 Å². The number of nitrogens with one attached hydrogen (secondary N) is 2. The maximum Gasteiger partial charge on any atom is 0.271 e. The Balaban J connectivity index is 1.96. The molecule has 0 bridgehead atoms. The lowest BCUT2D eigenvalue weighted by Gasteiger charge is -2.12. The minimum absolute atomic E-state index is 0.315. The van der Waals surface area contributed by atoms with E-state index >= 15 is 0 Å². The Labute approximate surface area is 129 Å². The average Bonchev–Trinajstić information content (AvgIpc) is 2.95. The molecule has 0 aliphatic carbocycles. The largest absolute Gasteiger partial charge is 0.384 e. The summed E-state index contributed by atoms with van der Waals surface area (Å²) in [4.78, 5) is 2.09. The molecule has 0 amide bonds. The van der Waals surface area contributed by atoms with E-state index in [4.69, 9.17) is 0 Å². The first-order valence-electron chi connectivity index (χ1n) is 6.52. The van der Waals surface area contributed by atoms with E-state index in [0.29, 0.717) is 9.90 Å². The van der Waals surface area contributed by atoms with E-state index in [1.54, 1.807) is 29.6 Å². The fraction of sp³-hybridized carbons (Fsp3) is 0.286. The highest BCUT2D eigenvalue weighted by molar-refractivity contribution is 7.94. The van der Waals surface area contributed by atoms with E-state index < -0.39 is 10.0 Å². The maximum atomic E-state index is 12.1. The lowest BCUT2D eigenvalue weighted by Crippen LogP contribution is -2.20. The summed E-state index contributed by atoms with van der Waals surface area (Å²) >= 11 is 1.20. The second-order valence-electron chi connectivity index (χ2n) is 4.84. The molecule has 0 radical (unpaired) electrons. The molecule has 1 aromatic carbocycles. The number of benzene rings is 1. The van der Waals surface area contributed by atoms with E-state index in [2.05, 4.69) is 14.9 Å². The van der Waals surface area contributed by atoms with Crippen LogP contribution in [0.5, 0.6) is 0 Å². The van der Waals surface area contributed by atoms with Crippen molar-refractivity contribution in [3.63, 3.8) is 0 Å². The van der Waals surface area contributed by atoms with Gasteiger partial charge in [0.1, 0.15) is 4.21 Å². The molecule has 114 valence electrons. The van der Waals surface area contributed by atoms with Crippen molar-refractivity contribution in [2.45, 2.75) is 4.21 Å². The van der Waals surface area contributed by atoms with Gasteiger partial charge in [-0.05, 0) is 49.8 Å². The van der Waals surface area contributed by atoms with Crippen LogP contribution in [0.3, 0.4) is 0 Å². The van der Waals surface area contributed by atoms with Crippen LogP contribution in [0.15, 0.2) is 46.0 Å². The van der Waals surface area contributed by atoms with Gasteiger partial charge in [-0.25, -0.2) is 8.42 Å². The van der Waals surface area contributed by atoms with Gasteiger partial charge in [-0.2, -0.15) is 0 Å². The first-order chi connectivity index (χ1) is 9.97. The van der Waals surface area contributed by atoms with Crippen LogP contribution in [0.1, 0.15) is 0 Å². The molecule has 0 unspecified atom stereocenters. The molecule has 1 aromatic heterocycles. The zero-order valence-corrected chi connectivity index (χ0v) is 13.7. The molecule has 1 heterocycles. The summed E-state index contributed by atoms with van der Waals surface area (Å²) in [6.07, 6.45) is 0. The minimum atomic E-state index is -3.47. The molecule has 0 saturated heterocycles. The Kier molecular flexibility index (Phi) is 5.22. The number of anilines is 2. The molecular formula is C14H19N3O2S2. The van der Waals surface area contributed by atoms with Crippen molar-refractivity contribution in [1.82, 2.24) is 4.90 Å². The highest BCUT2D eigenvalue weighted by atomic mass is 32.2. The summed E-state index contributed by atoms with van der Waals surface area (Å²) < 4.78 is 27.0. The molecule has 2 aromatic rings. The number of likely N-dealkylation sites (N-methyl/N-ethyl adjacent to an activating group) is 1. The number of hydrogen-bond donors (Lipinski definition) is 2. The van der Waals surface area contributed by atoms with Crippen LogP contribution in [0.4, 0.5) is 11.4 Å². The van der Waals surface area contributed by atoms with Gasteiger partial charge in [0.15, 0.2) is 0 Å². The summed E-state index contributed by atoms with van der Waals surface area (Å²) in [5.74, 6) is 0. The first kappa shape index (κ1) is 15.8. The normalized spacial score (nSPS) is 11.6. The molecule has 0 aliphatic heterocycles. The summed E-state index contributed by atoms with van der Waals surface area (Å²) in [5, 5.41) is 5.02. The third-order valence-corrected chi connectivity index (χ3v) is 5.56. The Morgan fingerprint density at radius 1 is 1.10 bits per heavy atom.